The lowest BCUT2D eigenvalue weighted by Crippen LogP contribution is -2.31. The van der Waals surface area contributed by atoms with E-state index < -0.39 is 0 Å². The summed E-state index contributed by atoms with van der Waals surface area (Å²) in [4.78, 5) is 24.7. The molecular formula is C14H17FN2O2. The van der Waals surface area contributed by atoms with Crippen molar-refractivity contribution in [1.29, 1.82) is 0 Å². The zero-order valence-corrected chi connectivity index (χ0v) is 10.9. The van der Waals surface area contributed by atoms with E-state index in [0.29, 0.717) is 25.1 Å². The summed E-state index contributed by atoms with van der Waals surface area (Å²) in [6.07, 6.45) is 0.644. The number of halogens is 1. The molecule has 19 heavy (non-hydrogen) atoms. The zero-order chi connectivity index (χ0) is 13.8. The van der Waals surface area contributed by atoms with Crippen LogP contribution >= 0.6 is 0 Å². The molecule has 4 nitrogen and oxygen atoms in total. The van der Waals surface area contributed by atoms with Crippen molar-refractivity contribution in [3.05, 3.63) is 35.6 Å². The highest BCUT2D eigenvalue weighted by Crippen LogP contribution is 2.14. The van der Waals surface area contributed by atoms with Crippen molar-refractivity contribution in [3.8, 4) is 0 Å². The summed E-state index contributed by atoms with van der Waals surface area (Å²) in [5, 5.41) is 2.79. The van der Waals surface area contributed by atoms with Gasteiger partial charge in [0.05, 0.1) is 6.42 Å². The monoisotopic (exact) mass is 264 g/mol. The van der Waals surface area contributed by atoms with Crippen molar-refractivity contribution >= 4 is 11.8 Å². The Hall–Kier alpha value is -1.91. The number of hydrogen-bond donors (Lipinski definition) is 1. The van der Waals surface area contributed by atoms with Crippen LogP contribution in [0.15, 0.2) is 24.3 Å². The third-order valence-corrected chi connectivity index (χ3v) is 3.26. The average molecular weight is 264 g/mol. The number of hydrogen-bond acceptors (Lipinski definition) is 2. The highest BCUT2D eigenvalue weighted by molar-refractivity contribution is 5.80. The summed E-state index contributed by atoms with van der Waals surface area (Å²) in [6, 6.07) is 6.01. The molecule has 1 N–H and O–H groups in total. The molecule has 1 heterocycles. The van der Waals surface area contributed by atoms with Crippen LogP contribution in [0, 0.1) is 11.7 Å². The molecule has 1 atom stereocenters. The molecule has 0 spiro atoms. The molecule has 1 aliphatic heterocycles. The Balaban J connectivity index is 1.78. The second kappa shape index (κ2) is 5.82. The first-order valence-electron chi connectivity index (χ1n) is 6.29. The van der Waals surface area contributed by atoms with Gasteiger partial charge in [-0.1, -0.05) is 12.1 Å². The lowest BCUT2D eigenvalue weighted by atomic mass is 10.1. The Labute approximate surface area is 111 Å². The molecule has 1 unspecified atom stereocenters. The summed E-state index contributed by atoms with van der Waals surface area (Å²) >= 11 is 0. The molecule has 0 radical (unpaired) electrons. The number of carbonyl (C=O) groups is 2. The highest BCUT2D eigenvalue weighted by atomic mass is 19.1. The average Bonchev–Trinajstić information content (AvgIpc) is 2.66. The number of likely N-dealkylation sites (tertiary alicyclic amines) is 1. The molecule has 5 heteroatoms. The summed E-state index contributed by atoms with van der Waals surface area (Å²) in [5.74, 6) is -0.195. The van der Waals surface area contributed by atoms with E-state index in [-0.39, 0.29) is 30.0 Å². The SMILES string of the molecule is CN1CC(CNC(=O)Cc2cccc(F)c2)CC1=O. The molecule has 2 amide bonds. The molecule has 1 aliphatic rings. The van der Waals surface area contributed by atoms with Gasteiger partial charge < -0.3 is 10.2 Å². The largest absolute Gasteiger partial charge is 0.355 e. The van der Waals surface area contributed by atoms with Crippen molar-refractivity contribution in [2.45, 2.75) is 12.8 Å². The third-order valence-electron chi connectivity index (χ3n) is 3.26. The maximum absolute atomic E-state index is 13.0. The third kappa shape index (κ3) is 3.77. The smallest absolute Gasteiger partial charge is 0.224 e. The van der Waals surface area contributed by atoms with Crippen LogP contribution in [0.2, 0.25) is 0 Å². The molecule has 0 aliphatic carbocycles. The van der Waals surface area contributed by atoms with E-state index in [1.54, 1.807) is 24.1 Å². The van der Waals surface area contributed by atoms with Crippen molar-refractivity contribution in [1.82, 2.24) is 10.2 Å². The quantitative estimate of drug-likeness (QED) is 0.880. The predicted octanol–water partition coefficient (Wildman–Crippen LogP) is 0.963. The molecule has 1 aromatic rings. The Morgan fingerprint density at radius 1 is 1.53 bits per heavy atom. The predicted molar refractivity (Wildman–Crippen MR) is 68.9 cm³/mol. The van der Waals surface area contributed by atoms with Gasteiger partial charge in [0.1, 0.15) is 5.82 Å². The summed E-state index contributed by atoms with van der Waals surface area (Å²) in [7, 11) is 1.76. The van der Waals surface area contributed by atoms with E-state index in [0.717, 1.165) is 0 Å². The standard InChI is InChI=1S/C14H17FN2O2/c1-17-9-11(7-14(17)19)8-16-13(18)6-10-3-2-4-12(15)5-10/h2-5,11H,6-9H2,1H3,(H,16,18). The fraction of sp³-hybridized carbons (Fsp3) is 0.429. The van der Waals surface area contributed by atoms with Gasteiger partial charge in [0, 0.05) is 32.5 Å². The van der Waals surface area contributed by atoms with E-state index >= 15 is 0 Å². The number of amides is 2. The van der Waals surface area contributed by atoms with Gasteiger partial charge in [-0.2, -0.15) is 0 Å². The number of rotatable bonds is 4. The van der Waals surface area contributed by atoms with Crippen molar-refractivity contribution in [3.63, 3.8) is 0 Å². The van der Waals surface area contributed by atoms with Gasteiger partial charge in [-0.15, -0.1) is 0 Å². The first-order chi connectivity index (χ1) is 9.04. The van der Waals surface area contributed by atoms with E-state index in [4.69, 9.17) is 0 Å². The van der Waals surface area contributed by atoms with Gasteiger partial charge in [0.2, 0.25) is 11.8 Å². The Morgan fingerprint density at radius 2 is 2.32 bits per heavy atom. The van der Waals surface area contributed by atoms with Crippen LogP contribution in [0.4, 0.5) is 4.39 Å². The Bertz CT molecular complexity index is 490. The molecule has 2 rings (SSSR count). The van der Waals surface area contributed by atoms with Crippen molar-refractivity contribution < 1.29 is 14.0 Å². The van der Waals surface area contributed by atoms with Crippen LogP contribution in [0.25, 0.3) is 0 Å². The fourth-order valence-electron chi connectivity index (χ4n) is 2.25. The number of nitrogens with one attached hydrogen (secondary N) is 1. The van der Waals surface area contributed by atoms with Crippen LogP contribution < -0.4 is 5.32 Å². The zero-order valence-electron chi connectivity index (χ0n) is 10.9. The topological polar surface area (TPSA) is 49.4 Å². The van der Waals surface area contributed by atoms with Gasteiger partial charge in [-0.3, -0.25) is 9.59 Å². The minimum absolute atomic E-state index is 0.115. The Morgan fingerprint density at radius 3 is 2.95 bits per heavy atom. The van der Waals surface area contributed by atoms with Gasteiger partial charge in [0.25, 0.3) is 0 Å². The second-order valence-electron chi connectivity index (χ2n) is 4.96. The highest BCUT2D eigenvalue weighted by Gasteiger charge is 2.26. The molecule has 0 aromatic heterocycles. The maximum atomic E-state index is 13.0. The van der Waals surface area contributed by atoms with Crippen LogP contribution in [-0.2, 0) is 16.0 Å². The normalized spacial score (nSPS) is 18.7. The van der Waals surface area contributed by atoms with Gasteiger partial charge in [-0.05, 0) is 17.7 Å². The lowest BCUT2D eigenvalue weighted by Gasteiger charge is -2.11. The van der Waals surface area contributed by atoms with Crippen molar-refractivity contribution in [2.75, 3.05) is 20.1 Å². The number of nitrogens with zero attached hydrogens (tertiary/aromatic N) is 1. The van der Waals surface area contributed by atoms with Crippen molar-refractivity contribution in [2.24, 2.45) is 5.92 Å². The van der Waals surface area contributed by atoms with E-state index in [1.165, 1.54) is 12.1 Å². The molecule has 0 saturated carbocycles. The minimum atomic E-state index is -0.340. The van der Waals surface area contributed by atoms with E-state index in [1.807, 2.05) is 0 Å². The first kappa shape index (κ1) is 13.5. The molecular weight excluding hydrogens is 247 g/mol. The molecule has 1 fully saturated rings. The molecule has 1 aromatic carbocycles. The summed E-state index contributed by atoms with van der Waals surface area (Å²) in [5.41, 5.74) is 0.650. The summed E-state index contributed by atoms with van der Waals surface area (Å²) in [6.45, 7) is 1.17. The fourth-order valence-corrected chi connectivity index (χ4v) is 2.25. The van der Waals surface area contributed by atoms with Gasteiger partial charge in [-0.25, -0.2) is 4.39 Å². The first-order valence-corrected chi connectivity index (χ1v) is 6.29. The molecule has 1 saturated heterocycles. The number of benzene rings is 1. The molecule has 102 valence electrons. The van der Waals surface area contributed by atoms with E-state index in [9.17, 15) is 14.0 Å². The molecule has 0 bridgehead atoms. The van der Waals surface area contributed by atoms with Gasteiger partial charge in [0.15, 0.2) is 0 Å². The van der Waals surface area contributed by atoms with Crippen LogP contribution in [0.3, 0.4) is 0 Å². The summed E-state index contributed by atoms with van der Waals surface area (Å²) < 4.78 is 13.0. The lowest BCUT2D eigenvalue weighted by molar-refractivity contribution is -0.126. The maximum Gasteiger partial charge on any atom is 0.224 e. The second-order valence-corrected chi connectivity index (χ2v) is 4.96. The van der Waals surface area contributed by atoms with Crippen LogP contribution in [-0.4, -0.2) is 36.9 Å². The van der Waals surface area contributed by atoms with Crippen LogP contribution in [0.5, 0.6) is 0 Å². The number of carbonyl (C=O) groups excluding carboxylic acids is 2. The van der Waals surface area contributed by atoms with Crippen LogP contribution in [0.1, 0.15) is 12.0 Å². The van der Waals surface area contributed by atoms with Gasteiger partial charge >= 0.3 is 0 Å². The van der Waals surface area contributed by atoms with E-state index in [2.05, 4.69) is 5.32 Å². The minimum Gasteiger partial charge on any atom is -0.355 e. The Kier molecular flexibility index (Phi) is 4.14.